The van der Waals surface area contributed by atoms with Crippen LogP contribution in [0.15, 0.2) is 65.6 Å². The van der Waals surface area contributed by atoms with Crippen molar-refractivity contribution in [3.05, 3.63) is 82.9 Å². The molecule has 1 atom stereocenters. The van der Waals surface area contributed by atoms with Gasteiger partial charge in [-0.25, -0.2) is 8.42 Å². The molecule has 0 fully saturated rings. The van der Waals surface area contributed by atoms with E-state index in [1.54, 1.807) is 19.1 Å². The molecule has 0 saturated carbocycles. The Labute approximate surface area is 255 Å². The molecule has 0 radical (unpaired) electrons. The Balaban J connectivity index is 2.13. The smallest absolute Gasteiger partial charge is 0.264 e. The highest BCUT2D eigenvalue weighted by Crippen LogP contribution is 2.33. The molecule has 1 N–H and O–H groups in total. The van der Waals surface area contributed by atoms with E-state index in [0.717, 1.165) is 26.6 Å². The van der Waals surface area contributed by atoms with Crippen molar-refractivity contribution >= 4 is 27.5 Å². The van der Waals surface area contributed by atoms with Crippen LogP contribution in [-0.2, 0) is 26.2 Å². The number of ether oxygens (including phenoxy) is 2. The number of rotatable bonds is 11. The summed E-state index contributed by atoms with van der Waals surface area (Å²) in [6.07, 6.45) is 0. The lowest BCUT2D eigenvalue weighted by molar-refractivity contribution is -0.140. The van der Waals surface area contributed by atoms with E-state index >= 15 is 0 Å². The van der Waals surface area contributed by atoms with Crippen molar-refractivity contribution in [2.45, 2.75) is 71.5 Å². The number of hydrogen-bond acceptors (Lipinski definition) is 6. The van der Waals surface area contributed by atoms with Gasteiger partial charge in [0.2, 0.25) is 11.8 Å². The standard InChI is InChI=1S/C33H43N3O6S/c1-22-16-23(2)18-27(17-22)36(43(39,40)28-14-15-29(41-8)30(19-28)42-9)21-31(37)35(20-26-13-11-10-12-24(26)3)25(4)32(38)34-33(5,6)7/h10-19,25H,20-21H2,1-9H3,(H,34,38)/t25-/m1/s1. The average molecular weight is 610 g/mol. The number of benzene rings is 3. The first-order chi connectivity index (χ1) is 20.1. The van der Waals surface area contributed by atoms with Gasteiger partial charge in [-0.3, -0.25) is 13.9 Å². The van der Waals surface area contributed by atoms with E-state index in [1.807, 2.05) is 71.9 Å². The van der Waals surface area contributed by atoms with Gasteiger partial charge in [0.25, 0.3) is 10.0 Å². The highest BCUT2D eigenvalue weighted by atomic mass is 32.2. The number of aryl methyl sites for hydroxylation is 3. The molecule has 0 heterocycles. The molecule has 0 aliphatic heterocycles. The van der Waals surface area contributed by atoms with Crippen molar-refractivity contribution in [1.82, 2.24) is 10.2 Å². The van der Waals surface area contributed by atoms with Crippen LogP contribution in [0.1, 0.15) is 49.9 Å². The summed E-state index contributed by atoms with van der Waals surface area (Å²) in [5, 5.41) is 2.94. The molecule has 3 aromatic rings. The van der Waals surface area contributed by atoms with E-state index in [4.69, 9.17) is 9.47 Å². The molecule has 0 unspecified atom stereocenters. The van der Waals surface area contributed by atoms with Crippen molar-refractivity contribution in [3.63, 3.8) is 0 Å². The minimum atomic E-state index is -4.28. The molecule has 232 valence electrons. The Morgan fingerprint density at radius 2 is 1.49 bits per heavy atom. The molecule has 0 bridgehead atoms. The van der Waals surface area contributed by atoms with Gasteiger partial charge in [-0.15, -0.1) is 0 Å². The van der Waals surface area contributed by atoms with Gasteiger partial charge in [-0.1, -0.05) is 30.3 Å². The van der Waals surface area contributed by atoms with Crippen LogP contribution in [0.25, 0.3) is 0 Å². The zero-order chi connectivity index (χ0) is 32.1. The molecule has 0 spiro atoms. The SMILES string of the molecule is COc1ccc(S(=O)(=O)N(CC(=O)N(Cc2ccccc2C)[C@H](C)C(=O)NC(C)(C)C)c2cc(C)cc(C)c2)cc1OC. The van der Waals surface area contributed by atoms with Crippen molar-refractivity contribution < 1.29 is 27.5 Å². The van der Waals surface area contributed by atoms with E-state index in [-0.39, 0.29) is 23.1 Å². The Bertz CT molecular complexity index is 1560. The van der Waals surface area contributed by atoms with Gasteiger partial charge in [0.05, 0.1) is 24.8 Å². The molecule has 2 amide bonds. The first kappa shape index (κ1) is 33.5. The van der Waals surface area contributed by atoms with Crippen LogP contribution in [0.2, 0.25) is 0 Å². The van der Waals surface area contributed by atoms with E-state index in [9.17, 15) is 18.0 Å². The van der Waals surface area contributed by atoms with Gasteiger partial charge in [0, 0.05) is 18.2 Å². The molecule has 0 aromatic heterocycles. The summed E-state index contributed by atoms with van der Waals surface area (Å²) < 4.78 is 40.3. The predicted molar refractivity (Wildman–Crippen MR) is 169 cm³/mol. The summed E-state index contributed by atoms with van der Waals surface area (Å²) in [6.45, 7) is 12.5. The molecule has 9 nitrogen and oxygen atoms in total. The second kappa shape index (κ2) is 13.5. The molecule has 0 aliphatic rings. The molecule has 0 saturated heterocycles. The monoisotopic (exact) mass is 609 g/mol. The van der Waals surface area contributed by atoms with E-state index in [2.05, 4.69) is 5.32 Å². The lowest BCUT2D eigenvalue weighted by Gasteiger charge is -2.34. The topological polar surface area (TPSA) is 105 Å². The molecule has 3 rings (SSSR count). The number of anilines is 1. The molecule has 0 aliphatic carbocycles. The molecule has 3 aromatic carbocycles. The van der Waals surface area contributed by atoms with Crippen LogP contribution < -0.4 is 19.1 Å². The maximum Gasteiger partial charge on any atom is 0.264 e. The fourth-order valence-electron chi connectivity index (χ4n) is 4.76. The maximum absolute atomic E-state index is 14.3. The molecule has 10 heteroatoms. The normalized spacial score (nSPS) is 12.3. The van der Waals surface area contributed by atoms with Crippen molar-refractivity contribution in [3.8, 4) is 11.5 Å². The van der Waals surface area contributed by atoms with Crippen LogP contribution in [0.3, 0.4) is 0 Å². The predicted octanol–water partition coefficient (Wildman–Crippen LogP) is 5.16. The fourth-order valence-corrected chi connectivity index (χ4v) is 6.17. The number of amides is 2. The van der Waals surface area contributed by atoms with Crippen molar-refractivity contribution in [2.24, 2.45) is 0 Å². The van der Waals surface area contributed by atoms with Gasteiger partial charge in [-0.2, -0.15) is 0 Å². The number of carbonyl (C=O) groups excluding carboxylic acids is 2. The first-order valence-corrected chi connectivity index (χ1v) is 15.5. The number of hydrogen-bond donors (Lipinski definition) is 1. The first-order valence-electron chi connectivity index (χ1n) is 14.1. The van der Waals surface area contributed by atoms with Crippen LogP contribution in [0.4, 0.5) is 5.69 Å². The number of sulfonamides is 1. The third-order valence-corrected chi connectivity index (χ3v) is 8.75. The van der Waals surface area contributed by atoms with Gasteiger partial charge in [-0.05, 0) is 95.0 Å². The van der Waals surface area contributed by atoms with Crippen LogP contribution in [0.5, 0.6) is 11.5 Å². The minimum absolute atomic E-state index is 0.0684. The van der Waals surface area contributed by atoms with Gasteiger partial charge < -0.3 is 19.7 Å². The third-order valence-electron chi connectivity index (χ3n) is 6.98. The summed E-state index contributed by atoms with van der Waals surface area (Å²) in [7, 11) is -1.39. The molecular formula is C33H43N3O6S. The number of carbonyl (C=O) groups is 2. The molecule has 43 heavy (non-hydrogen) atoms. The van der Waals surface area contributed by atoms with Crippen LogP contribution >= 0.6 is 0 Å². The summed E-state index contributed by atoms with van der Waals surface area (Å²) in [4.78, 5) is 28.9. The van der Waals surface area contributed by atoms with Gasteiger partial charge in [0.15, 0.2) is 11.5 Å². The highest BCUT2D eigenvalue weighted by molar-refractivity contribution is 7.92. The number of methoxy groups -OCH3 is 2. The third kappa shape index (κ3) is 8.28. The average Bonchev–Trinajstić information content (AvgIpc) is 2.92. The largest absolute Gasteiger partial charge is 0.493 e. The van der Waals surface area contributed by atoms with Crippen molar-refractivity contribution in [2.75, 3.05) is 25.1 Å². The lowest BCUT2D eigenvalue weighted by atomic mass is 10.1. The zero-order valence-electron chi connectivity index (χ0n) is 26.5. The zero-order valence-corrected chi connectivity index (χ0v) is 27.3. The summed E-state index contributed by atoms with van der Waals surface area (Å²) >= 11 is 0. The maximum atomic E-state index is 14.3. The fraction of sp³-hybridized carbons (Fsp3) is 0.394. The number of nitrogens with one attached hydrogen (secondary N) is 1. The Morgan fingerprint density at radius 1 is 0.884 bits per heavy atom. The highest BCUT2D eigenvalue weighted by Gasteiger charge is 2.34. The van der Waals surface area contributed by atoms with Crippen LogP contribution in [0, 0.1) is 20.8 Å². The quantitative estimate of drug-likeness (QED) is 0.322. The second-order valence-corrected chi connectivity index (χ2v) is 13.6. The van der Waals surface area contributed by atoms with E-state index in [0.29, 0.717) is 11.4 Å². The molecular weight excluding hydrogens is 566 g/mol. The summed E-state index contributed by atoms with van der Waals surface area (Å²) in [5.74, 6) is -0.249. The van der Waals surface area contributed by atoms with Gasteiger partial charge in [0.1, 0.15) is 12.6 Å². The lowest BCUT2D eigenvalue weighted by Crippen LogP contribution is -2.54. The van der Waals surface area contributed by atoms with Crippen LogP contribution in [-0.4, -0.2) is 57.5 Å². The summed E-state index contributed by atoms with van der Waals surface area (Å²) in [6, 6.07) is 16.4. The number of nitrogens with zero attached hydrogens (tertiary/aromatic N) is 2. The Morgan fingerprint density at radius 3 is 2.05 bits per heavy atom. The Kier molecular flexibility index (Phi) is 10.5. The minimum Gasteiger partial charge on any atom is -0.493 e. The van der Waals surface area contributed by atoms with E-state index < -0.39 is 34.1 Å². The van der Waals surface area contributed by atoms with E-state index in [1.165, 1.54) is 37.3 Å². The van der Waals surface area contributed by atoms with Gasteiger partial charge >= 0.3 is 0 Å². The Hall–Kier alpha value is -4.05. The summed E-state index contributed by atoms with van der Waals surface area (Å²) in [5.41, 5.74) is 3.29. The van der Waals surface area contributed by atoms with Crippen molar-refractivity contribution in [1.29, 1.82) is 0 Å². The second-order valence-electron chi connectivity index (χ2n) is 11.7.